The van der Waals surface area contributed by atoms with E-state index < -0.39 is 12.2 Å². The fourth-order valence-corrected chi connectivity index (χ4v) is 4.42. The Bertz CT molecular complexity index is 947. The van der Waals surface area contributed by atoms with Crippen LogP contribution in [0.2, 0.25) is 0 Å². The molecule has 1 amide bonds. The van der Waals surface area contributed by atoms with Crippen LogP contribution in [0.25, 0.3) is 0 Å². The second kappa shape index (κ2) is 7.31. The number of amides is 1. The Morgan fingerprint density at radius 3 is 2.63 bits per heavy atom. The van der Waals surface area contributed by atoms with Gasteiger partial charge in [0.15, 0.2) is 6.04 Å². The molecule has 164 valence electrons. The van der Waals surface area contributed by atoms with E-state index in [1.54, 1.807) is 35.8 Å². The number of aromatic nitrogens is 4. The Morgan fingerprint density at radius 1 is 1.30 bits per heavy atom. The van der Waals surface area contributed by atoms with Gasteiger partial charge in [-0.1, -0.05) is 13.8 Å². The largest absolute Gasteiger partial charge is 0.410 e. The molecule has 10 heteroatoms. The van der Waals surface area contributed by atoms with Crippen LogP contribution >= 0.6 is 0 Å². The number of halogens is 3. The van der Waals surface area contributed by atoms with Crippen molar-refractivity contribution >= 4 is 11.7 Å². The van der Waals surface area contributed by atoms with Crippen molar-refractivity contribution < 1.29 is 18.0 Å². The molecule has 3 atom stereocenters. The standard InChI is InChI=1S/C20H27F3N6O/c1-11(2)15-7-17(20(21,22)23)29-18(24-15)8-16(26-29)13-5-6-28(9-13)19(30)14-10-27(4)25-12(14)3/h8,10-11,13,15,17,24H,5-7,9H2,1-4H3/t13-,15+,17-/m1/s1. The number of rotatable bonds is 3. The summed E-state index contributed by atoms with van der Waals surface area (Å²) in [7, 11) is 1.76. The van der Waals surface area contributed by atoms with E-state index in [1.807, 2.05) is 13.8 Å². The maximum Gasteiger partial charge on any atom is 0.410 e. The maximum absolute atomic E-state index is 13.7. The summed E-state index contributed by atoms with van der Waals surface area (Å²) in [6.45, 7) is 6.61. The van der Waals surface area contributed by atoms with Gasteiger partial charge in [-0.25, -0.2) is 4.68 Å². The molecule has 0 radical (unpaired) electrons. The van der Waals surface area contributed by atoms with Gasteiger partial charge in [-0.3, -0.25) is 9.48 Å². The minimum absolute atomic E-state index is 0.0369. The second-order valence-corrected chi connectivity index (χ2v) is 8.73. The third kappa shape index (κ3) is 3.67. The lowest BCUT2D eigenvalue weighted by molar-refractivity contribution is -0.174. The van der Waals surface area contributed by atoms with Crippen LogP contribution in [0, 0.1) is 12.8 Å². The Kier molecular flexibility index (Phi) is 5.06. The van der Waals surface area contributed by atoms with Gasteiger partial charge in [-0.05, 0) is 25.7 Å². The van der Waals surface area contributed by atoms with Crippen molar-refractivity contribution in [2.45, 2.75) is 57.8 Å². The third-order valence-corrected chi connectivity index (χ3v) is 6.18. The molecule has 4 heterocycles. The topological polar surface area (TPSA) is 68.0 Å². The summed E-state index contributed by atoms with van der Waals surface area (Å²) in [4.78, 5) is 14.6. The van der Waals surface area contributed by atoms with E-state index in [0.29, 0.717) is 42.3 Å². The smallest absolute Gasteiger partial charge is 0.367 e. The highest BCUT2D eigenvalue weighted by Crippen LogP contribution is 2.42. The minimum atomic E-state index is -4.36. The molecule has 1 fully saturated rings. The van der Waals surface area contributed by atoms with Crippen molar-refractivity contribution in [2.24, 2.45) is 13.0 Å². The van der Waals surface area contributed by atoms with Crippen LogP contribution in [0.1, 0.15) is 60.4 Å². The molecular formula is C20H27F3N6O. The van der Waals surface area contributed by atoms with Gasteiger partial charge in [-0.2, -0.15) is 23.4 Å². The molecular weight excluding hydrogens is 397 g/mol. The molecule has 0 saturated carbocycles. The fraction of sp³-hybridized carbons (Fsp3) is 0.650. The normalized spacial score (nSPS) is 24.3. The molecule has 0 spiro atoms. The van der Waals surface area contributed by atoms with Crippen molar-refractivity contribution in [3.63, 3.8) is 0 Å². The van der Waals surface area contributed by atoms with Crippen molar-refractivity contribution in [3.8, 4) is 0 Å². The molecule has 0 aromatic carbocycles. The number of nitrogens with zero attached hydrogens (tertiary/aromatic N) is 5. The van der Waals surface area contributed by atoms with E-state index in [0.717, 1.165) is 4.68 Å². The Balaban J connectivity index is 1.55. The molecule has 2 aliphatic rings. The van der Waals surface area contributed by atoms with Crippen LogP contribution in [0.5, 0.6) is 0 Å². The van der Waals surface area contributed by atoms with E-state index >= 15 is 0 Å². The van der Waals surface area contributed by atoms with Gasteiger partial charge in [-0.15, -0.1) is 0 Å². The summed E-state index contributed by atoms with van der Waals surface area (Å²) in [6, 6.07) is -0.169. The molecule has 2 aromatic heterocycles. The molecule has 0 unspecified atom stereocenters. The highest BCUT2D eigenvalue weighted by Gasteiger charge is 2.47. The van der Waals surface area contributed by atoms with Gasteiger partial charge in [0.2, 0.25) is 0 Å². The summed E-state index contributed by atoms with van der Waals surface area (Å²) < 4.78 is 43.8. The predicted molar refractivity (Wildman–Crippen MR) is 105 cm³/mol. The molecule has 30 heavy (non-hydrogen) atoms. The first-order valence-electron chi connectivity index (χ1n) is 10.3. The number of aryl methyl sites for hydroxylation is 2. The van der Waals surface area contributed by atoms with E-state index in [2.05, 4.69) is 15.5 Å². The van der Waals surface area contributed by atoms with E-state index in [-0.39, 0.29) is 30.2 Å². The van der Waals surface area contributed by atoms with Crippen LogP contribution in [0.15, 0.2) is 12.3 Å². The summed E-state index contributed by atoms with van der Waals surface area (Å²) in [5, 5.41) is 11.8. The SMILES string of the molecule is Cc1nn(C)cc1C(=O)N1CC[C@@H](c2cc3n(n2)[C@@H](C(F)(F)F)C[C@@H](C(C)C)N3)C1. The zero-order chi connectivity index (χ0) is 21.8. The molecule has 2 aromatic rings. The Morgan fingerprint density at radius 2 is 2.03 bits per heavy atom. The van der Waals surface area contributed by atoms with Crippen LogP contribution in [0.4, 0.5) is 19.0 Å². The van der Waals surface area contributed by atoms with E-state index in [9.17, 15) is 18.0 Å². The lowest BCUT2D eigenvalue weighted by Crippen LogP contribution is -2.41. The Hall–Kier alpha value is -2.52. The van der Waals surface area contributed by atoms with Gasteiger partial charge < -0.3 is 10.2 Å². The maximum atomic E-state index is 13.7. The van der Waals surface area contributed by atoms with Crippen LogP contribution in [-0.2, 0) is 7.05 Å². The second-order valence-electron chi connectivity index (χ2n) is 8.73. The zero-order valence-electron chi connectivity index (χ0n) is 17.6. The third-order valence-electron chi connectivity index (χ3n) is 6.18. The predicted octanol–water partition coefficient (Wildman–Crippen LogP) is 3.50. The zero-order valence-corrected chi connectivity index (χ0v) is 17.6. The number of alkyl halides is 3. The summed E-state index contributed by atoms with van der Waals surface area (Å²) >= 11 is 0. The number of carbonyl (C=O) groups excluding carboxylic acids is 1. The van der Waals surface area contributed by atoms with Crippen LogP contribution in [0.3, 0.4) is 0 Å². The molecule has 0 bridgehead atoms. The van der Waals surface area contributed by atoms with Gasteiger partial charge in [0, 0.05) is 44.4 Å². The monoisotopic (exact) mass is 424 g/mol. The lowest BCUT2D eigenvalue weighted by atomic mass is 9.94. The first-order valence-corrected chi connectivity index (χ1v) is 10.3. The highest BCUT2D eigenvalue weighted by atomic mass is 19.4. The highest BCUT2D eigenvalue weighted by molar-refractivity contribution is 5.95. The lowest BCUT2D eigenvalue weighted by Gasteiger charge is -2.35. The molecule has 1 N–H and O–H groups in total. The summed E-state index contributed by atoms with van der Waals surface area (Å²) in [5.74, 6) is 0.296. The molecule has 4 rings (SSSR count). The number of likely N-dealkylation sites (tertiary alicyclic amines) is 1. The van der Waals surface area contributed by atoms with E-state index in [1.165, 1.54) is 0 Å². The average Bonchev–Trinajstić information content (AvgIpc) is 3.36. The minimum Gasteiger partial charge on any atom is -0.367 e. The average molecular weight is 424 g/mol. The number of hydrogen-bond acceptors (Lipinski definition) is 4. The van der Waals surface area contributed by atoms with Crippen molar-refractivity contribution in [1.29, 1.82) is 0 Å². The first-order chi connectivity index (χ1) is 14.0. The van der Waals surface area contributed by atoms with E-state index in [4.69, 9.17) is 0 Å². The number of fused-ring (bicyclic) bond motifs is 1. The van der Waals surface area contributed by atoms with Gasteiger partial charge >= 0.3 is 6.18 Å². The number of hydrogen-bond donors (Lipinski definition) is 1. The van der Waals surface area contributed by atoms with Crippen molar-refractivity contribution in [2.75, 3.05) is 18.4 Å². The van der Waals surface area contributed by atoms with Gasteiger partial charge in [0.05, 0.1) is 17.0 Å². The number of carbonyl (C=O) groups is 1. The Labute approximate surface area is 173 Å². The fourth-order valence-electron chi connectivity index (χ4n) is 4.42. The molecule has 1 saturated heterocycles. The number of anilines is 1. The van der Waals surface area contributed by atoms with Crippen LogP contribution < -0.4 is 5.32 Å². The van der Waals surface area contributed by atoms with Gasteiger partial charge in [0.25, 0.3) is 5.91 Å². The summed E-state index contributed by atoms with van der Waals surface area (Å²) in [5.41, 5.74) is 1.83. The first kappa shape index (κ1) is 20.7. The number of nitrogens with one attached hydrogen (secondary N) is 1. The quantitative estimate of drug-likeness (QED) is 0.819. The molecule has 0 aliphatic carbocycles. The molecule has 7 nitrogen and oxygen atoms in total. The van der Waals surface area contributed by atoms with Crippen LogP contribution in [-0.4, -0.2) is 55.7 Å². The van der Waals surface area contributed by atoms with Crippen molar-refractivity contribution in [3.05, 3.63) is 29.2 Å². The van der Waals surface area contributed by atoms with Crippen molar-refractivity contribution in [1.82, 2.24) is 24.5 Å². The summed E-state index contributed by atoms with van der Waals surface area (Å²) in [6.07, 6.45) is -2.02. The molecule has 2 aliphatic heterocycles. The van der Waals surface area contributed by atoms with Gasteiger partial charge in [0.1, 0.15) is 5.82 Å².